The van der Waals surface area contributed by atoms with E-state index in [1.165, 1.54) is 6.21 Å². The van der Waals surface area contributed by atoms with Gasteiger partial charge in [0.25, 0.3) is 0 Å². The highest BCUT2D eigenvalue weighted by Crippen LogP contribution is 2.08. The Morgan fingerprint density at radius 2 is 2.36 bits per heavy atom. The highest BCUT2D eigenvalue weighted by molar-refractivity contribution is 6.29. The van der Waals surface area contributed by atoms with Crippen molar-refractivity contribution in [2.75, 3.05) is 0 Å². The maximum Gasteiger partial charge on any atom is 0.129 e. The second-order valence-electron chi connectivity index (χ2n) is 2.05. The third kappa shape index (κ3) is 1.91. The number of nitrogens with zero attached hydrogens (tertiary/aromatic N) is 2. The summed E-state index contributed by atoms with van der Waals surface area (Å²) in [6.07, 6.45) is 1.32. The molecule has 0 bridgehead atoms. The summed E-state index contributed by atoms with van der Waals surface area (Å²) in [6.45, 7) is 1.79. The Morgan fingerprint density at radius 3 is 2.91 bits per heavy atom. The van der Waals surface area contributed by atoms with Crippen LogP contribution in [0.1, 0.15) is 11.3 Å². The fourth-order valence-electron chi connectivity index (χ4n) is 0.740. The highest BCUT2D eigenvalue weighted by atomic mass is 35.5. The molecule has 1 N–H and O–H groups in total. The largest absolute Gasteiger partial charge is 0.411 e. The third-order valence-electron chi connectivity index (χ3n) is 1.29. The number of hydrogen-bond donors (Lipinski definition) is 1. The van der Waals surface area contributed by atoms with Crippen molar-refractivity contribution in [3.8, 4) is 0 Å². The average molecular weight is 171 g/mol. The Hall–Kier alpha value is -1.09. The van der Waals surface area contributed by atoms with Gasteiger partial charge in [-0.15, -0.1) is 0 Å². The van der Waals surface area contributed by atoms with E-state index >= 15 is 0 Å². The van der Waals surface area contributed by atoms with Crippen molar-refractivity contribution >= 4 is 17.8 Å². The van der Waals surface area contributed by atoms with Crippen molar-refractivity contribution in [1.82, 2.24) is 4.98 Å². The minimum Gasteiger partial charge on any atom is -0.411 e. The number of rotatable bonds is 1. The van der Waals surface area contributed by atoms with Crippen LogP contribution in [-0.2, 0) is 0 Å². The monoisotopic (exact) mass is 170 g/mol. The van der Waals surface area contributed by atoms with Gasteiger partial charge in [0.2, 0.25) is 0 Å². The molecule has 0 unspecified atom stereocenters. The molecule has 1 heterocycles. The van der Waals surface area contributed by atoms with Crippen LogP contribution in [0.2, 0.25) is 5.15 Å². The van der Waals surface area contributed by atoms with Crippen LogP contribution in [0, 0.1) is 6.92 Å². The van der Waals surface area contributed by atoms with Gasteiger partial charge >= 0.3 is 0 Å². The van der Waals surface area contributed by atoms with Gasteiger partial charge in [-0.3, -0.25) is 0 Å². The van der Waals surface area contributed by atoms with Crippen LogP contribution in [0.25, 0.3) is 0 Å². The van der Waals surface area contributed by atoms with E-state index in [9.17, 15) is 0 Å². The summed E-state index contributed by atoms with van der Waals surface area (Å²) in [5.74, 6) is 0. The van der Waals surface area contributed by atoms with Gasteiger partial charge in [-0.25, -0.2) is 4.98 Å². The molecule has 0 fully saturated rings. The molecule has 3 nitrogen and oxygen atoms in total. The van der Waals surface area contributed by atoms with E-state index in [1.807, 2.05) is 0 Å². The smallest absolute Gasteiger partial charge is 0.129 e. The molecule has 0 atom stereocenters. The normalized spacial score (nSPS) is 10.7. The molecule has 0 aliphatic rings. The van der Waals surface area contributed by atoms with E-state index in [0.29, 0.717) is 5.15 Å². The Labute approximate surface area is 69.3 Å². The van der Waals surface area contributed by atoms with E-state index in [2.05, 4.69) is 10.1 Å². The lowest BCUT2D eigenvalue weighted by atomic mass is 10.2. The maximum atomic E-state index is 8.22. The summed E-state index contributed by atoms with van der Waals surface area (Å²) in [5.41, 5.74) is 1.51. The lowest BCUT2D eigenvalue weighted by Crippen LogP contribution is -1.90. The Kier molecular flexibility index (Phi) is 2.44. The van der Waals surface area contributed by atoms with Crippen LogP contribution in [0.3, 0.4) is 0 Å². The second-order valence-corrected chi connectivity index (χ2v) is 2.44. The minimum atomic E-state index is 0.442. The van der Waals surface area contributed by atoms with Gasteiger partial charge in [-0.05, 0) is 19.1 Å². The topological polar surface area (TPSA) is 45.5 Å². The van der Waals surface area contributed by atoms with Gasteiger partial charge in [-0.2, -0.15) is 0 Å². The van der Waals surface area contributed by atoms with E-state index in [-0.39, 0.29) is 0 Å². The van der Waals surface area contributed by atoms with Crippen LogP contribution in [0.15, 0.2) is 17.3 Å². The number of oxime groups is 1. The molecular weight excluding hydrogens is 164 g/mol. The maximum absolute atomic E-state index is 8.22. The quantitative estimate of drug-likeness (QED) is 0.303. The molecule has 0 saturated heterocycles. The Morgan fingerprint density at radius 1 is 1.64 bits per heavy atom. The zero-order valence-corrected chi connectivity index (χ0v) is 6.71. The molecule has 0 radical (unpaired) electrons. The number of hydrogen-bond acceptors (Lipinski definition) is 3. The zero-order chi connectivity index (χ0) is 8.27. The molecule has 0 amide bonds. The molecule has 4 heteroatoms. The molecule has 1 aromatic rings. The van der Waals surface area contributed by atoms with E-state index in [1.54, 1.807) is 19.1 Å². The molecule has 1 aromatic heterocycles. The zero-order valence-electron chi connectivity index (χ0n) is 5.95. The fourth-order valence-corrected chi connectivity index (χ4v) is 0.930. The van der Waals surface area contributed by atoms with Gasteiger partial charge in [0.05, 0.1) is 6.21 Å². The Bertz CT molecular complexity index is 286. The summed E-state index contributed by atoms with van der Waals surface area (Å²) in [6, 6.07) is 3.38. The average Bonchev–Trinajstić information content (AvgIpc) is 1.95. The summed E-state index contributed by atoms with van der Waals surface area (Å²) >= 11 is 5.60. The first kappa shape index (κ1) is 8.01. The molecule has 11 heavy (non-hydrogen) atoms. The third-order valence-corrected chi connectivity index (χ3v) is 1.50. The molecule has 0 aliphatic heterocycles. The van der Waals surface area contributed by atoms with Crippen LogP contribution in [-0.4, -0.2) is 16.4 Å². The van der Waals surface area contributed by atoms with Crippen molar-refractivity contribution < 1.29 is 5.21 Å². The van der Waals surface area contributed by atoms with Crippen LogP contribution in [0.4, 0.5) is 0 Å². The van der Waals surface area contributed by atoms with E-state index < -0.39 is 0 Å². The standard InChI is InChI=1S/C7H7ClN2O/c1-5-6(4-9-11)2-3-7(8)10-5/h2-4,11H,1H3/b9-4-. The lowest BCUT2D eigenvalue weighted by molar-refractivity contribution is 0.322. The first-order chi connectivity index (χ1) is 5.24. The summed E-state index contributed by atoms with van der Waals surface area (Å²) in [7, 11) is 0. The minimum absolute atomic E-state index is 0.442. The molecular formula is C7H7ClN2O. The second kappa shape index (κ2) is 3.34. The predicted molar refractivity (Wildman–Crippen MR) is 43.4 cm³/mol. The Balaban J connectivity index is 3.09. The number of aromatic nitrogens is 1. The van der Waals surface area contributed by atoms with Gasteiger partial charge in [-0.1, -0.05) is 16.8 Å². The summed E-state index contributed by atoms with van der Waals surface area (Å²) in [4.78, 5) is 3.96. The predicted octanol–water partition coefficient (Wildman–Crippen LogP) is 1.85. The molecule has 0 aromatic carbocycles. The van der Waals surface area contributed by atoms with Gasteiger partial charge < -0.3 is 5.21 Å². The summed E-state index contributed by atoms with van der Waals surface area (Å²) in [5, 5.41) is 11.6. The van der Waals surface area contributed by atoms with Gasteiger partial charge in [0, 0.05) is 11.3 Å². The van der Waals surface area contributed by atoms with E-state index in [0.717, 1.165) is 11.3 Å². The SMILES string of the molecule is Cc1nc(Cl)ccc1/C=N\O. The number of aryl methyl sites for hydroxylation is 1. The number of pyridine rings is 1. The molecule has 0 saturated carbocycles. The number of halogens is 1. The molecule has 0 spiro atoms. The first-order valence-corrected chi connectivity index (χ1v) is 3.42. The molecule has 1 rings (SSSR count). The molecule has 0 aliphatic carbocycles. The van der Waals surface area contributed by atoms with Crippen LogP contribution < -0.4 is 0 Å². The molecule has 58 valence electrons. The van der Waals surface area contributed by atoms with Crippen molar-refractivity contribution in [2.24, 2.45) is 5.16 Å². The van der Waals surface area contributed by atoms with Gasteiger partial charge in [0.1, 0.15) is 5.15 Å². The van der Waals surface area contributed by atoms with Crippen LogP contribution >= 0.6 is 11.6 Å². The summed E-state index contributed by atoms with van der Waals surface area (Å²) < 4.78 is 0. The van der Waals surface area contributed by atoms with Crippen molar-refractivity contribution in [1.29, 1.82) is 0 Å². The van der Waals surface area contributed by atoms with Crippen molar-refractivity contribution in [3.05, 3.63) is 28.5 Å². The lowest BCUT2D eigenvalue weighted by Gasteiger charge is -1.96. The van der Waals surface area contributed by atoms with Crippen molar-refractivity contribution in [2.45, 2.75) is 6.92 Å². The van der Waals surface area contributed by atoms with Crippen molar-refractivity contribution in [3.63, 3.8) is 0 Å². The van der Waals surface area contributed by atoms with E-state index in [4.69, 9.17) is 16.8 Å². The first-order valence-electron chi connectivity index (χ1n) is 3.04. The van der Waals surface area contributed by atoms with Gasteiger partial charge in [0.15, 0.2) is 0 Å². The fraction of sp³-hybridized carbons (Fsp3) is 0.143. The highest BCUT2D eigenvalue weighted by Gasteiger charge is 1.96. The van der Waals surface area contributed by atoms with Crippen LogP contribution in [0.5, 0.6) is 0 Å².